The number of guanidine groups is 1. The highest BCUT2D eigenvalue weighted by Crippen LogP contribution is 2.19. The largest absolute Gasteiger partial charge is 0.351 e. The molecule has 0 unspecified atom stereocenters. The highest BCUT2D eigenvalue weighted by atomic mass is 127. The summed E-state index contributed by atoms with van der Waals surface area (Å²) in [5.41, 5.74) is 1.08. The van der Waals surface area contributed by atoms with E-state index in [1.54, 1.807) is 29.7 Å². The third kappa shape index (κ3) is 5.84. The second-order valence-corrected chi connectivity index (χ2v) is 7.32. The number of nitrogens with zero attached hydrogens (tertiary/aromatic N) is 3. The van der Waals surface area contributed by atoms with E-state index in [-0.39, 0.29) is 24.0 Å². The number of aryl methyl sites for hydroxylation is 1. The van der Waals surface area contributed by atoms with E-state index in [0.29, 0.717) is 0 Å². The summed E-state index contributed by atoms with van der Waals surface area (Å²) in [6.07, 6.45) is 0. The lowest BCUT2D eigenvalue weighted by atomic mass is 10.4. The Morgan fingerprint density at radius 2 is 2.19 bits per heavy atom. The number of aliphatic imine (C=N–C) groups is 1. The molecule has 116 valence electrons. The first-order valence-corrected chi connectivity index (χ1v) is 8.69. The van der Waals surface area contributed by atoms with Crippen LogP contribution < -0.4 is 5.32 Å². The first-order chi connectivity index (χ1) is 9.58. The molecule has 21 heavy (non-hydrogen) atoms. The van der Waals surface area contributed by atoms with Gasteiger partial charge >= 0.3 is 0 Å². The van der Waals surface area contributed by atoms with E-state index in [4.69, 9.17) is 0 Å². The van der Waals surface area contributed by atoms with Crippen LogP contribution in [-0.4, -0.2) is 29.9 Å². The van der Waals surface area contributed by atoms with Crippen molar-refractivity contribution in [2.24, 2.45) is 4.99 Å². The van der Waals surface area contributed by atoms with Crippen molar-refractivity contribution in [2.45, 2.75) is 20.0 Å². The molecule has 4 nitrogen and oxygen atoms in total. The van der Waals surface area contributed by atoms with Crippen molar-refractivity contribution in [2.75, 3.05) is 14.1 Å². The highest BCUT2D eigenvalue weighted by molar-refractivity contribution is 14.0. The van der Waals surface area contributed by atoms with Crippen molar-refractivity contribution in [3.8, 4) is 0 Å². The van der Waals surface area contributed by atoms with Crippen LogP contribution >= 0.6 is 62.6 Å². The molecule has 1 N–H and O–H groups in total. The predicted molar refractivity (Wildman–Crippen MR) is 106 cm³/mol. The molecule has 0 saturated heterocycles. The monoisotopic (exact) mass is 500 g/mol. The summed E-state index contributed by atoms with van der Waals surface area (Å²) in [5.74, 6) is 0.875. The average molecular weight is 501 g/mol. The van der Waals surface area contributed by atoms with Gasteiger partial charge in [0, 0.05) is 34.2 Å². The van der Waals surface area contributed by atoms with Crippen LogP contribution in [0.1, 0.15) is 15.6 Å². The number of aromatic nitrogens is 1. The molecule has 0 radical (unpaired) electrons. The van der Waals surface area contributed by atoms with Crippen LogP contribution in [0.25, 0.3) is 0 Å². The van der Waals surface area contributed by atoms with E-state index < -0.39 is 0 Å². The quantitative estimate of drug-likeness (QED) is 0.390. The summed E-state index contributed by atoms with van der Waals surface area (Å²) in [4.78, 5) is 12.1. The molecule has 0 amide bonds. The number of thiophene rings is 1. The van der Waals surface area contributed by atoms with Crippen molar-refractivity contribution in [1.82, 2.24) is 15.2 Å². The minimum absolute atomic E-state index is 0. The molecular weight excluding hydrogens is 483 g/mol. The Balaban J connectivity index is 0.00000220. The van der Waals surface area contributed by atoms with Gasteiger partial charge in [0.25, 0.3) is 0 Å². The maximum Gasteiger partial charge on any atom is 0.194 e. The van der Waals surface area contributed by atoms with Gasteiger partial charge in [-0.05, 0) is 28.9 Å². The van der Waals surface area contributed by atoms with Gasteiger partial charge < -0.3 is 10.2 Å². The Bertz CT molecular complexity index is 597. The fraction of sp³-hybridized carbons (Fsp3) is 0.385. The molecule has 2 rings (SSSR count). The topological polar surface area (TPSA) is 40.5 Å². The number of halogens is 2. The molecule has 0 atom stereocenters. The smallest absolute Gasteiger partial charge is 0.194 e. The molecule has 0 saturated carbocycles. The van der Waals surface area contributed by atoms with E-state index in [2.05, 4.69) is 52.9 Å². The van der Waals surface area contributed by atoms with Crippen molar-refractivity contribution in [1.29, 1.82) is 0 Å². The highest BCUT2D eigenvalue weighted by Gasteiger charge is 2.09. The summed E-state index contributed by atoms with van der Waals surface area (Å²) in [6.45, 7) is 3.57. The van der Waals surface area contributed by atoms with Gasteiger partial charge in [-0.2, -0.15) is 0 Å². The number of nitrogens with one attached hydrogen (secondary N) is 1. The Hall–Kier alpha value is -0.190. The lowest BCUT2D eigenvalue weighted by Gasteiger charge is -2.20. The molecule has 0 fully saturated rings. The lowest BCUT2D eigenvalue weighted by molar-refractivity contribution is 0.471. The normalized spacial score (nSPS) is 11.1. The number of rotatable bonds is 4. The summed E-state index contributed by atoms with van der Waals surface area (Å²) in [5, 5.41) is 8.64. The fourth-order valence-electron chi connectivity index (χ4n) is 1.80. The number of hydrogen-bond donors (Lipinski definition) is 1. The SMILES string of the molecule is CN=C(NCc1cc(Br)cs1)N(C)Cc1csc(C)n1.I. The Morgan fingerprint density at radius 3 is 2.71 bits per heavy atom. The zero-order valence-electron chi connectivity index (χ0n) is 12.1. The first-order valence-electron chi connectivity index (χ1n) is 6.14. The van der Waals surface area contributed by atoms with Gasteiger partial charge in [0.2, 0.25) is 0 Å². The molecular formula is C13H18BrIN4S2. The van der Waals surface area contributed by atoms with Gasteiger partial charge in [-0.25, -0.2) is 4.98 Å². The van der Waals surface area contributed by atoms with Gasteiger partial charge in [0.15, 0.2) is 5.96 Å². The standard InChI is InChI=1S/C13H17BrN4S2.HI/c1-9-17-11(8-19-9)6-18(3)13(15-2)16-5-12-4-10(14)7-20-12;/h4,7-8H,5-6H2,1-3H3,(H,15,16);1H. The average Bonchev–Trinajstić information content (AvgIpc) is 2.99. The van der Waals surface area contributed by atoms with Crippen molar-refractivity contribution in [3.05, 3.63) is 36.9 Å². The van der Waals surface area contributed by atoms with Crippen LogP contribution in [0.3, 0.4) is 0 Å². The van der Waals surface area contributed by atoms with Gasteiger partial charge in [-0.1, -0.05) is 0 Å². The summed E-state index contributed by atoms with van der Waals surface area (Å²) in [6, 6.07) is 2.12. The van der Waals surface area contributed by atoms with Crippen LogP contribution in [-0.2, 0) is 13.1 Å². The molecule has 2 aromatic heterocycles. The number of thiazole rings is 1. The van der Waals surface area contributed by atoms with Gasteiger partial charge in [0.1, 0.15) is 0 Å². The van der Waals surface area contributed by atoms with Crippen molar-refractivity contribution < 1.29 is 0 Å². The number of hydrogen-bond acceptors (Lipinski definition) is 4. The molecule has 0 bridgehead atoms. The van der Waals surface area contributed by atoms with E-state index >= 15 is 0 Å². The van der Waals surface area contributed by atoms with Crippen molar-refractivity contribution >= 4 is 68.5 Å². The molecule has 0 aliphatic rings. The second kappa shape index (κ2) is 9.06. The van der Waals surface area contributed by atoms with Gasteiger partial charge in [0.05, 0.1) is 23.8 Å². The maximum absolute atomic E-state index is 4.48. The second-order valence-electron chi connectivity index (χ2n) is 4.35. The first kappa shape index (κ1) is 18.9. The van der Waals surface area contributed by atoms with Crippen LogP contribution in [0.5, 0.6) is 0 Å². The zero-order valence-corrected chi connectivity index (χ0v) is 17.6. The van der Waals surface area contributed by atoms with Crippen LogP contribution in [0.15, 0.2) is 26.3 Å². The van der Waals surface area contributed by atoms with Gasteiger partial charge in [-0.3, -0.25) is 4.99 Å². The minimum Gasteiger partial charge on any atom is -0.351 e. The third-order valence-corrected chi connectivity index (χ3v) is 5.20. The van der Waals surface area contributed by atoms with Gasteiger partial charge in [-0.15, -0.1) is 46.7 Å². The van der Waals surface area contributed by atoms with E-state index in [0.717, 1.165) is 34.2 Å². The predicted octanol–water partition coefficient (Wildman–Crippen LogP) is 4.10. The summed E-state index contributed by atoms with van der Waals surface area (Å²) < 4.78 is 1.13. The minimum atomic E-state index is 0. The molecule has 2 aromatic rings. The fourth-order valence-corrected chi connectivity index (χ4v) is 3.79. The molecule has 0 aliphatic carbocycles. The van der Waals surface area contributed by atoms with Crippen molar-refractivity contribution in [3.63, 3.8) is 0 Å². The molecule has 8 heteroatoms. The van der Waals surface area contributed by atoms with Crippen LogP contribution in [0.2, 0.25) is 0 Å². The lowest BCUT2D eigenvalue weighted by Crippen LogP contribution is -2.37. The Labute approximate surface area is 158 Å². The Kier molecular flexibility index (Phi) is 8.14. The molecule has 0 aliphatic heterocycles. The summed E-state index contributed by atoms with van der Waals surface area (Å²) >= 11 is 6.87. The van der Waals surface area contributed by atoms with Crippen LogP contribution in [0.4, 0.5) is 0 Å². The summed E-state index contributed by atoms with van der Waals surface area (Å²) in [7, 11) is 3.82. The molecule has 0 aromatic carbocycles. The third-order valence-electron chi connectivity index (χ3n) is 2.68. The molecule has 0 spiro atoms. The van der Waals surface area contributed by atoms with E-state index in [1.807, 2.05) is 14.0 Å². The van der Waals surface area contributed by atoms with E-state index in [1.165, 1.54) is 4.88 Å². The zero-order chi connectivity index (χ0) is 14.5. The molecule has 2 heterocycles. The van der Waals surface area contributed by atoms with E-state index in [9.17, 15) is 0 Å². The van der Waals surface area contributed by atoms with Crippen LogP contribution in [0, 0.1) is 6.92 Å². The Morgan fingerprint density at radius 1 is 1.43 bits per heavy atom. The maximum atomic E-state index is 4.48.